The third-order valence-electron chi connectivity index (χ3n) is 3.66. The van der Waals surface area contributed by atoms with Crippen molar-refractivity contribution in [3.63, 3.8) is 0 Å². The zero-order chi connectivity index (χ0) is 19.8. The highest BCUT2D eigenvalue weighted by Crippen LogP contribution is 2.33. The Balaban J connectivity index is 2.45. The van der Waals surface area contributed by atoms with E-state index in [0.717, 1.165) is 6.20 Å². The van der Waals surface area contributed by atoms with E-state index in [4.69, 9.17) is 0 Å². The van der Waals surface area contributed by atoms with E-state index in [9.17, 15) is 26.7 Å². The van der Waals surface area contributed by atoms with Crippen LogP contribution < -0.4 is 0 Å². The first-order valence-corrected chi connectivity index (χ1v) is 7.52. The van der Waals surface area contributed by atoms with Crippen LogP contribution in [0.15, 0.2) is 45.3 Å². The Hall–Kier alpha value is -2.64. The van der Waals surface area contributed by atoms with E-state index < -0.39 is 40.2 Å². The molecule has 0 amide bonds. The van der Waals surface area contributed by atoms with Crippen LogP contribution in [-0.2, 0) is 4.79 Å². The molecule has 0 saturated carbocycles. The van der Waals surface area contributed by atoms with Crippen LogP contribution >= 0.6 is 0 Å². The summed E-state index contributed by atoms with van der Waals surface area (Å²) in [6, 6.07) is 0. The molecule has 2 rings (SSSR count). The molecule has 3 nitrogen and oxygen atoms in total. The van der Waals surface area contributed by atoms with E-state index in [2.05, 4.69) is 10.2 Å². The van der Waals surface area contributed by atoms with E-state index in [1.807, 2.05) is 20.8 Å². The lowest BCUT2D eigenvalue weighted by atomic mass is 9.78. The minimum atomic E-state index is -2.26. The first-order chi connectivity index (χ1) is 11.9. The minimum absolute atomic E-state index is 0.147. The highest BCUT2D eigenvalue weighted by molar-refractivity contribution is 6.10. The maximum Gasteiger partial charge on any atom is 0.200 e. The average molecular weight is 370 g/mol. The fourth-order valence-electron chi connectivity index (χ4n) is 2.27. The Morgan fingerprint density at radius 1 is 0.885 bits per heavy atom. The minimum Gasteiger partial charge on any atom is -0.289 e. The molecule has 0 aromatic heterocycles. The number of rotatable bonds is 2. The lowest BCUT2D eigenvalue weighted by molar-refractivity contribution is -0.113. The second-order valence-electron chi connectivity index (χ2n) is 6.73. The van der Waals surface area contributed by atoms with Crippen molar-refractivity contribution in [1.82, 2.24) is 0 Å². The number of ketones is 1. The van der Waals surface area contributed by atoms with E-state index in [1.165, 1.54) is 12.2 Å². The summed E-state index contributed by atoms with van der Waals surface area (Å²) in [7, 11) is 0. The van der Waals surface area contributed by atoms with Crippen LogP contribution in [0.3, 0.4) is 0 Å². The first kappa shape index (κ1) is 19.7. The first-order valence-electron chi connectivity index (χ1n) is 7.52. The van der Waals surface area contributed by atoms with Gasteiger partial charge in [0, 0.05) is 5.57 Å². The van der Waals surface area contributed by atoms with Gasteiger partial charge in [0.25, 0.3) is 0 Å². The summed E-state index contributed by atoms with van der Waals surface area (Å²) in [6.07, 6.45) is 4.09. The molecule has 1 aromatic carbocycles. The molecule has 0 aliphatic heterocycles. The summed E-state index contributed by atoms with van der Waals surface area (Å²) in [6.45, 7) is 7.10. The van der Waals surface area contributed by atoms with Crippen molar-refractivity contribution in [3.8, 4) is 0 Å². The largest absolute Gasteiger partial charge is 0.289 e. The van der Waals surface area contributed by atoms with E-state index >= 15 is 0 Å². The molecule has 0 bridgehead atoms. The lowest BCUT2D eigenvalue weighted by Gasteiger charge is -2.24. The van der Waals surface area contributed by atoms with Crippen molar-refractivity contribution in [2.24, 2.45) is 15.6 Å². The molecule has 1 aliphatic rings. The number of halogens is 5. The molecular weight excluding hydrogens is 355 g/mol. The van der Waals surface area contributed by atoms with Gasteiger partial charge in [-0.15, -0.1) is 5.11 Å². The van der Waals surface area contributed by atoms with Crippen LogP contribution in [0.2, 0.25) is 0 Å². The summed E-state index contributed by atoms with van der Waals surface area (Å²) in [5.41, 5.74) is -0.514. The van der Waals surface area contributed by atoms with Crippen LogP contribution in [0.1, 0.15) is 27.7 Å². The van der Waals surface area contributed by atoms with Gasteiger partial charge < -0.3 is 0 Å². The number of benzene rings is 1. The lowest BCUT2D eigenvalue weighted by Crippen LogP contribution is -2.21. The van der Waals surface area contributed by atoms with E-state index in [1.54, 1.807) is 6.92 Å². The molecule has 26 heavy (non-hydrogen) atoms. The summed E-state index contributed by atoms with van der Waals surface area (Å²) in [5, 5.41) is 6.50. The topological polar surface area (TPSA) is 41.8 Å². The highest BCUT2D eigenvalue weighted by atomic mass is 19.2. The van der Waals surface area contributed by atoms with Gasteiger partial charge in [-0.25, -0.2) is 22.0 Å². The summed E-state index contributed by atoms with van der Waals surface area (Å²) in [5.74, 6) is -10.7. The quantitative estimate of drug-likeness (QED) is 0.279. The summed E-state index contributed by atoms with van der Waals surface area (Å²) in [4.78, 5) is 12.2. The molecule has 0 unspecified atom stereocenters. The van der Waals surface area contributed by atoms with Crippen LogP contribution in [0.4, 0.5) is 27.6 Å². The molecule has 8 heteroatoms. The Morgan fingerprint density at radius 3 is 1.88 bits per heavy atom. The monoisotopic (exact) mass is 370 g/mol. The maximum absolute atomic E-state index is 13.5. The number of allylic oxidation sites excluding steroid dienone is 5. The third-order valence-corrected chi connectivity index (χ3v) is 3.66. The number of carbonyl (C=O) groups is 1. The molecule has 0 saturated heterocycles. The van der Waals surface area contributed by atoms with E-state index in [-0.39, 0.29) is 5.78 Å². The normalized spacial score (nSPS) is 17.1. The SMILES string of the molecule is CC1=C/C(=C\N=Nc2c(F)c(F)c(F)c(F)c2F)C=C(C(C)(C)C)C1=O. The maximum atomic E-state index is 13.5. The van der Waals surface area contributed by atoms with Crippen molar-refractivity contribution < 1.29 is 26.7 Å². The molecular formula is C18H15F5N2O. The average Bonchev–Trinajstić information content (AvgIpc) is 2.56. The second kappa shape index (κ2) is 6.93. The molecule has 0 fully saturated rings. The number of Topliss-reactive ketones (excluding diaryl/α,β-unsaturated/α-hetero) is 1. The number of azo groups is 1. The molecule has 0 heterocycles. The summed E-state index contributed by atoms with van der Waals surface area (Å²) >= 11 is 0. The van der Waals surface area contributed by atoms with Gasteiger partial charge in [-0.05, 0) is 35.6 Å². The van der Waals surface area contributed by atoms with Crippen LogP contribution in [0.5, 0.6) is 0 Å². The second-order valence-corrected chi connectivity index (χ2v) is 6.73. The molecule has 0 N–H and O–H groups in total. The van der Waals surface area contributed by atoms with Gasteiger partial charge >= 0.3 is 0 Å². The number of carbonyl (C=O) groups excluding carboxylic acids is 1. The van der Waals surface area contributed by atoms with E-state index in [0.29, 0.717) is 16.7 Å². The van der Waals surface area contributed by atoms with Gasteiger partial charge in [-0.2, -0.15) is 5.11 Å². The van der Waals surface area contributed by atoms with Gasteiger partial charge in [-0.1, -0.05) is 20.8 Å². The molecule has 0 radical (unpaired) electrons. The molecule has 1 aromatic rings. The number of hydrogen-bond acceptors (Lipinski definition) is 3. The van der Waals surface area contributed by atoms with Gasteiger partial charge in [0.2, 0.25) is 5.82 Å². The van der Waals surface area contributed by atoms with Crippen LogP contribution in [0.25, 0.3) is 0 Å². The van der Waals surface area contributed by atoms with Crippen LogP contribution in [0, 0.1) is 34.5 Å². The van der Waals surface area contributed by atoms with Gasteiger partial charge in [0.1, 0.15) is 0 Å². The fourth-order valence-corrected chi connectivity index (χ4v) is 2.27. The van der Waals surface area contributed by atoms with Crippen molar-refractivity contribution in [2.45, 2.75) is 27.7 Å². The predicted molar refractivity (Wildman–Crippen MR) is 85.1 cm³/mol. The standard InChI is InChI=1S/C18H15F5N2O/c1-8-5-9(6-10(17(8)26)18(2,3)4)7-24-25-16-14(22)12(20)11(19)13(21)15(16)23/h5-7H,1-4H3/b9-7+,25-24?. The van der Waals surface area contributed by atoms with Gasteiger partial charge in [0.15, 0.2) is 34.7 Å². The fraction of sp³-hybridized carbons (Fsp3) is 0.278. The Bertz CT molecular complexity index is 876. The zero-order valence-corrected chi connectivity index (χ0v) is 14.4. The number of nitrogens with zero attached hydrogens (tertiary/aromatic N) is 2. The number of hydrogen-bond donors (Lipinski definition) is 0. The molecule has 138 valence electrons. The Morgan fingerprint density at radius 2 is 1.38 bits per heavy atom. The highest BCUT2D eigenvalue weighted by Gasteiger charge is 2.27. The summed E-state index contributed by atoms with van der Waals surface area (Å²) < 4.78 is 66.3. The van der Waals surface area contributed by atoms with Crippen molar-refractivity contribution in [3.05, 3.63) is 64.2 Å². The van der Waals surface area contributed by atoms with Crippen molar-refractivity contribution in [1.29, 1.82) is 0 Å². The predicted octanol–water partition coefficient (Wildman–Crippen LogP) is 5.85. The third kappa shape index (κ3) is 3.63. The molecule has 0 atom stereocenters. The van der Waals surface area contributed by atoms with Gasteiger partial charge in [-0.3, -0.25) is 4.79 Å². The smallest absolute Gasteiger partial charge is 0.200 e. The van der Waals surface area contributed by atoms with Crippen LogP contribution in [-0.4, -0.2) is 5.78 Å². The Labute approximate surface area is 146 Å². The zero-order valence-electron chi connectivity index (χ0n) is 14.4. The van der Waals surface area contributed by atoms with Crippen molar-refractivity contribution in [2.75, 3.05) is 0 Å². The van der Waals surface area contributed by atoms with Crippen molar-refractivity contribution >= 4 is 11.5 Å². The molecule has 0 spiro atoms. The van der Waals surface area contributed by atoms with Gasteiger partial charge in [0.05, 0.1) is 6.20 Å². The molecule has 1 aliphatic carbocycles. The Kier molecular flexibility index (Phi) is 5.25.